The van der Waals surface area contributed by atoms with Gasteiger partial charge in [-0.15, -0.1) is 5.10 Å². The van der Waals surface area contributed by atoms with Crippen LogP contribution in [0.3, 0.4) is 0 Å². The first kappa shape index (κ1) is 10.7. The van der Waals surface area contributed by atoms with Crippen LogP contribution in [-0.4, -0.2) is 15.0 Å². The van der Waals surface area contributed by atoms with E-state index in [2.05, 4.69) is 10.3 Å². The fourth-order valence-corrected chi connectivity index (χ4v) is 1.60. The SMILES string of the molecule is CCCn1nnc(I)c1C(F)(F)F. The van der Waals surface area contributed by atoms with Gasteiger partial charge in [0, 0.05) is 6.54 Å². The average Bonchev–Trinajstić information content (AvgIpc) is 2.31. The van der Waals surface area contributed by atoms with Crippen LogP contribution in [0.4, 0.5) is 13.2 Å². The van der Waals surface area contributed by atoms with E-state index in [9.17, 15) is 13.2 Å². The van der Waals surface area contributed by atoms with E-state index in [4.69, 9.17) is 0 Å². The number of aromatic nitrogens is 3. The standard InChI is InChI=1S/C6H7F3IN3/c1-2-3-13-4(6(7,8)9)5(10)11-12-13/h2-3H2,1H3. The molecule has 0 radical (unpaired) electrons. The first-order valence-electron chi connectivity index (χ1n) is 3.63. The summed E-state index contributed by atoms with van der Waals surface area (Å²) in [6.07, 6.45) is -3.77. The molecule has 0 saturated heterocycles. The number of nitrogens with zero attached hydrogens (tertiary/aromatic N) is 3. The van der Waals surface area contributed by atoms with Crippen molar-refractivity contribution in [1.82, 2.24) is 15.0 Å². The third-order valence-electron chi connectivity index (χ3n) is 1.40. The molecule has 1 aromatic rings. The highest BCUT2D eigenvalue weighted by Gasteiger charge is 2.38. The molecule has 74 valence electrons. The van der Waals surface area contributed by atoms with Crippen molar-refractivity contribution < 1.29 is 13.2 Å². The molecule has 1 rings (SSSR count). The minimum absolute atomic E-state index is 0.0986. The molecule has 0 aliphatic rings. The van der Waals surface area contributed by atoms with Crippen molar-refractivity contribution in [3.05, 3.63) is 9.39 Å². The van der Waals surface area contributed by atoms with Crippen LogP contribution in [0, 0.1) is 3.70 Å². The molecule has 7 heteroatoms. The first-order valence-corrected chi connectivity index (χ1v) is 4.71. The lowest BCUT2D eigenvalue weighted by Gasteiger charge is -2.07. The van der Waals surface area contributed by atoms with Gasteiger partial charge in [-0.2, -0.15) is 13.2 Å². The highest BCUT2D eigenvalue weighted by atomic mass is 127. The van der Waals surface area contributed by atoms with Crippen LogP contribution in [0.5, 0.6) is 0 Å². The lowest BCUT2D eigenvalue weighted by atomic mass is 10.4. The zero-order chi connectivity index (χ0) is 10.1. The quantitative estimate of drug-likeness (QED) is 0.785. The third kappa shape index (κ3) is 2.32. The van der Waals surface area contributed by atoms with E-state index in [0.29, 0.717) is 6.42 Å². The largest absolute Gasteiger partial charge is 0.435 e. The Hall–Kier alpha value is -0.340. The Morgan fingerprint density at radius 1 is 1.46 bits per heavy atom. The molecule has 0 unspecified atom stereocenters. The Bertz CT molecular complexity index is 294. The van der Waals surface area contributed by atoms with Crippen molar-refractivity contribution in [3.63, 3.8) is 0 Å². The van der Waals surface area contributed by atoms with E-state index in [1.54, 1.807) is 6.92 Å². The average molecular weight is 305 g/mol. The molecule has 0 fully saturated rings. The first-order chi connectivity index (χ1) is 5.96. The summed E-state index contributed by atoms with van der Waals surface area (Å²) in [5, 5.41) is 6.79. The Morgan fingerprint density at radius 2 is 2.08 bits per heavy atom. The van der Waals surface area contributed by atoms with Crippen LogP contribution >= 0.6 is 22.6 Å². The number of rotatable bonds is 2. The topological polar surface area (TPSA) is 30.7 Å². The summed E-state index contributed by atoms with van der Waals surface area (Å²) in [6, 6.07) is 0. The molecule has 13 heavy (non-hydrogen) atoms. The molecule has 0 aliphatic heterocycles. The summed E-state index contributed by atoms with van der Waals surface area (Å²) < 4.78 is 37.9. The Labute approximate surface area is 86.4 Å². The smallest absolute Gasteiger partial charge is 0.239 e. The van der Waals surface area contributed by atoms with Gasteiger partial charge in [0.1, 0.15) is 0 Å². The lowest BCUT2D eigenvalue weighted by molar-refractivity contribution is -0.145. The Kier molecular flexibility index (Phi) is 3.14. The molecule has 1 aromatic heterocycles. The highest BCUT2D eigenvalue weighted by Crippen LogP contribution is 2.31. The molecule has 0 N–H and O–H groups in total. The Morgan fingerprint density at radius 3 is 2.54 bits per heavy atom. The molecule has 0 atom stereocenters. The van der Waals surface area contributed by atoms with Gasteiger partial charge in [-0.3, -0.25) is 0 Å². The van der Waals surface area contributed by atoms with Gasteiger partial charge < -0.3 is 0 Å². The monoisotopic (exact) mass is 305 g/mol. The number of hydrogen-bond donors (Lipinski definition) is 0. The van der Waals surface area contributed by atoms with Gasteiger partial charge in [0.15, 0.2) is 9.39 Å². The molecular formula is C6H7F3IN3. The van der Waals surface area contributed by atoms with Crippen LogP contribution in [0.25, 0.3) is 0 Å². The molecule has 0 spiro atoms. The fraction of sp³-hybridized carbons (Fsp3) is 0.667. The van der Waals surface area contributed by atoms with Crippen LogP contribution < -0.4 is 0 Å². The predicted molar refractivity (Wildman–Crippen MR) is 48.0 cm³/mol. The second-order valence-electron chi connectivity index (χ2n) is 2.45. The molecule has 0 bridgehead atoms. The predicted octanol–water partition coefficient (Wildman–Crippen LogP) is 2.31. The van der Waals surface area contributed by atoms with Crippen LogP contribution in [-0.2, 0) is 12.7 Å². The van der Waals surface area contributed by atoms with Crippen LogP contribution in [0.2, 0.25) is 0 Å². The van der Waals surface area contributed by atoms with Crippen molar-refractivity contribution >= 4 is 22.6 Å². The van der Waals surface area contributed by atoms with Crippen molar-refractivity contribution in [2.24, 2.45) is 0 Å². The third-order valence-corrected chi connectivity index (χ3v) is 2.12. The van der Waals surface area contributed by atoms with Gasteiger partial charge >= 0.3 is 6.18 Å². The van der Waals surface area contributed by atoms with Gasteiger partial charge in [-0.25, -0.2) is 4.68 Å². The van der Waals surface area contributed by atoms with E-state index in [1.165, 1.54) is 22.6 Å². The zero-order valence-corrected chi connectivity index (χ0v) is 8.93. The van der Waals surface area contributed by atoms with Crippen molar-refractivity contribution in [1.29, 1.82) is 0 Å². The number of aryl methyl sites for hydroxylation is 1. The van der Waals surface area contributed by atoms with Gasteiger partial charge in [0.25, 0.3) is 0 Å². The number of hydrogen-bond acceptors (Lipinski definition) is 2. The van der Waals surface area contributed by atoms with E-state index in [1.807, 2.05) is 0 Å². The minimum Gasteiger partial charge on any atom is -0.239 e. The second kappa shape index (κ2) is 3.81. The zero-order valence-electron chi connectivity index (χ0n) is 6.77. The van der Waals surface area contributed by atoms with E-state index >= 15 is 0 Å². The summed E-state index contributed by atoms with van der Waals surface area (Å²) in [6.45, 7) is 2.03. The molecular weight excluding hydrogens is 298 g/mol. The minimum atomic E-state index is -4.37. The van der Waals surface area contributed by atoms with Crippen molar-refractivity contribution in [2.75, 3.05) is 0 Å². The van der Waals surface area contributed by atoms with Gasteiger partial charge in [0.05, 0.1) is 0 Å². The molecule has 1 heterocycles. The molecule has 0 aliphatic carbocycles. The van der Waals surface area contributed by atoms with E-state index < -0.39 is 11.9 Å². The highest BCUT2D eigenvalue weighted by molar-refractivity contribution is 14.1. The maximum atomic E-state index is 12.4. The van der Waals surface area contributed by atoms with Gasteiger partial charge in [0.2, 0.25) is 0 Å². The summed E-state index contributed by atoms with van der Waals surface area (Å²) in [4.78, 5) is 0. The van der Waals surface area contributed by atoms with E-state index in [0.717, 1.165) is 4.68 Å². The maximum absolute atomic E-state index is 12.4. The molecule has 0 amide bonds. The van der Waals surface area contributed by atoms with Crippen molar-refractivity contribution in [3.8, 4) is 0 Å². The van der Waals surface area contributed by atoms with Crippen molar-refractivity contribution in [2.45, 2.75) is 26.1 Å². The lowest BCUT2D eigenvalue weighted by Crippen LogP contribution is -2.15. The molecule has 3 nitrogen and oxygen atoms in total. The second-order valence-corrected chi connectivity index (χ2v) is 3.47. The fourth-order valence-electron chi connectivity index (χ4n) is 0.923. The maximum Gasteiger partial charge on any atom is 0.435 e. The normalized spacial score (nSPS) is 12.1. The number of alkyl halides is 3. The van der Waals surface area contributed by atoms with Gasteiger partial charge in [-0.1, -0.05) is 12.1 Å². The van der Waals surface area contributed by atoms with Crippen LogP contribution in [0.15, 0.2) is 0 Å². The summed E-state index contributed by atoms with van der Waals surface area (Å²) in [5.41, 5.74) is -0.755. The summed E-state index contributed by atoms with van der Waals surface area (Å²) in [7, 11) is 0. The van der Waals surface area contributed by atoms with E-state index in [-0.39, 0.29) is 10.2 Å². The number of halogens is 4. The molecule has 0 saturated carbocycles. The summed E-state index contributed by atoms with van der Waals surface area (Å²) in [5.74, 6) is 0. The Balaban J connectivity index is 3.09. The van der Waals surface area contributed by atoms with Gasteiger partial charge in [-0.05, 0) is 29.0 Å². The summed E-state index contributed by atoms with van der Waals surface area (Å²) >= 11 is 1.53. The van der Waals surface area contributed by atoms with Crippen LogP contribution in [0.1, 0.15) is 19.0 Å². The molecule has 0 aromatic carbocycles.